The molecule has 0 saturated heterocycles. The number of benzene rings is 1. The van der Waals surface area contributed by atoms with Crippen molar-refractivity contribution in [3.63, 3.8) is 0 Å². The molecule has 0 aliphatic rings. The van der Waals surface area contributed by atoms with Crippen LogP contribution in [0.4, 0.5) is 0 Å². The molecule has 11 heavy (non-hydrogen) atoms. The molecule has 0 unspecified atom stereocenters. The van der Waals surface area contributed by atoms with Crippen molar-refractivity contribution in [1.29, 1.82) is 0 Å². The Morgan fingerprint density at radius 3 is 1.82 bits per heavy atom. The molecule has 1 aromatic rings. The molecule has 0 amide bonds. The molecule has 0 radical (unpaired) electrons. The second-order valence-corrected chi connectivity index (χ2v) is 3.25. The van der Waals surface area contributed by atoms with E-state index in [-0.39, 0.29) is 22.8 Å². The Bertz CT molecular complexity index is 196. The van der Waals surface area contributed by atoms with Gasteiger partial charge in [0, 0.05) is 17.4 Å². The van der Waals surface area contributed by atoms with Gasteiger partial charge in [-0.2, -0.15) is 0 Å². The first-order chi connectivity index (χ1) is 4.61. The smallest absolute Gasteiger partial charge is 0 e. The van der Waals surface area contributed by atoms with E-state index >= 15 is 0 Å². The predicted octanol–water partition coefficient (Wildman–Crippen LogP) is 2.80. The molecule has 0 aliphatic heterocycles. The van der Waals surface area contributed by atoms with Crippen LogP contribution >= 0.6 is 0 Å². The fourth-order valence-corrected chi connectivity index (χ4v) is 0.889. The molecule has 0 aliphatic carbocycles. The van der Waals surface area contributed by atoms with Gasteiger partial charge in [0.25, 0.3) is 0 Å². The van der Waals surface area contributed by atoms with Gasteiger partial charge in [0.1, 0.15) is 0 Å². The minimum absolute atomic E-state index is 0. The van der Waals surface area contributed by atoms with Crippen LogP contribution in [0.5, 0.6) is 0 Å². The summed E-state index contributed by atoms with van der Waals surface area (Å²) >= 11 is 0. The molecule has 1 heteroatoms. The van der Waals surface area contributed by atoms with Gasteiger partial charge in [0.2, 0.25) is 0 Å². The van der Waals surface area contributed by atoms with Crippen LogP contribution < -0.4 is 0 Å². The van der Waals surface area contributed by atoms with E-state index in [1.807, 2.05) is 18.2 Å². The maximum Gasteiger partial charge on any atom is 0 e. The third kappa shape index (κ3) is 3.10. The molecular weight excluding hydrogens is 172 g/mol. The zero-order valence-electron chi connectivity index (χ0n) is 7.00. The van der Waals surface area contributed by atoms with Crippen LogP contribution in [0, 0.1) is 6.92 Å². The van der Waals surface area contributed by atoms with Gasteiger partial charge in [-0.15, -0.1) is 5.41 Å². The monoisotopic (exact) mass is 185 g/mol. The quantitative estimate of drug-likeness (QED) is 0.590. The van der Waals surface area contributed by atoms with Crippen molar-refractivity contribution < 1.29 is 17.4 Å². The maximum absolute atomic E-state index is 4.04. The molecule has 0 aromatic heterocycles. The topological polar surface area (TPSA) is 0 Å². The van der Waals surface area contributed by atoms with Gasteiger partial charge in [-0.25, -0.2) is 0 Å². The largest absolute Gasteiger partial charge is 0.333 e. The second-order valence-electron chi connectivity index (χ2n) is 3.25. The van der Waals surface area contributed by atoms with E-state index in [1.165, 1.54) is 5.56 Å². The van der Waals surface area contributed by atoms with E-state index in [2.05, 4.69) is 32.9 Å². The Hall–Kier alpha value is -0.248. The van der Waals surface area contributed by atoms with Crippen LogP contribution in [0.25, 0.3) is 0 Å². The molecular formula is C10H13Cr-. The molecule has 0 spiro atoms. The van der Waals surface area contributed by atoms with Gasteiger partial charge in [-0.3, -0.25) is 0 Å². The van der Waals surface area contributed by atoms with E-state index in [1.54, 1.807) is 0 Å². The minimum Gasteiger partial charge on any atom is -0.333 e. The first-order valence-corrected chi connectivity index (χ1v) is 3.51. The molecule has 0 fully saturated rings. The van der Waals surface area contributed by atoms with Crippen molar-refractivity contribution in [3.05, 3.63) is 42.8 Å². The number of hydrogen-bond acceptors (Lipinski definition) is 0. The van der Waals surface area contributed by atoms with Gasteiger partial charge >= 0.3 is 0 Å². The van der Waals surface area contributed by atoms with E-state index < -0.39 is 0 Å². The summed E-state index contributed by atoms with van der Waals surface area (Å²) in [5, 5.41) is 0. The van der Waals surface area contributed by atoms with Gasteiger partial charge in [-0.1, -0.05) is 49.7 Å². The Kier molecular flexibility index (Phi) is 3.86. The van der Waals surface area contributed by atoms with Crippen LogP contribution in [0.2, 0.25) is 0 Å². The molecule has 60 valence electrons. The summed E-state index contributed by atoms with van der Waals surface area (Å²) in [4.78, 5) is 0. The first-order valence-electron chi connectivity index (χ1n) is 3.51. The molecule has 0 atom stereocenters. The molecule has 0 saturated carbocycles. The zero-order chi connectivity index (χ0) is 7.61. The van der Waals surface area contributed by atoms with Crippen molar-refractivity contribution >= 4 is 0 Å². The Morgan fingerprint density at radius 1 is 1.09 bits per heavy atom. The summed E-state index contributed by atoms with van der Waals surface area (Å²) in [6, 6.07) is 10.3. The van der Waals surface area contributed by atoms with E-state index in [0.717, 1.165) is 0 Å². The third-order valence-corrected chi connectivity index (χ3v) is 1.56. The summed E-state index contributed by atoms with van der Waals surface area (Å²) in [6.45, 7) is 8.27. The van der Waals surface area contributed by atoms with Crippen LogP contribution in [-0.2, 0) is 22.8 Å². The van der Waals surface area contributed by atoms with Crippen molar-refractivity contribution in [2.45, 2.75) is 19.3 Å². The van der Waals surface area contributed by atoms with Gasteiger partial charge < -0.3 is 6.92 Å². The maximum atomic E-state index is 4.04. The van der Waals surface area contributed by atoms with E-state index in [4.69, 9.17) is 0 Å². The molecule has 0 heterocycles. The predicted molar refractivity (Wildman–Crippen MR) is 44.8 cm³/mol. The van der Waals surface area contributed by atoms with Crippen LogP contribution in [0.15, 0.2) is 30.3 Å². The minimum atomic E-state index is 0. The zero-order valence-corrected chi connectivity index (χ0v) is 8.28. The average Bonchev–Trinajstić information content (AvgIpc) is 1.88. The average molecular weight is 185 g/mol. The summed E-state index contributed by atoms with van der Waals surface area (Å²) in [6.07, 6.45) is 0. The Morgan fingerprint density at radius 2 is 1.55 bits per heavy atom. The van der Waals surface area contributed by atoms with Crippen molar-refractivity contribution in [2.75, 3.05) is 0 Å². The van der Waals surface area contributed by atoms with Gasteiger partial charge in [0.15, 0.2) is 0 Å². The second kappa shape index (κ2) is 3.95. The number of hydrogen-bond donors (Lipinski definition) is 0. The SMILES string of the molecule is [CH2-]C(C)(C)c1ccccc1.[Cr]. The molecule has 1 aromatic carbocycles. The van der Waals surface area contributed by atoms with E-state index in [0.29, 0.717) is 0 Å². The van der Waals surface area contributed by atoms with Crippen LogP contribution in [0.1, 0.15) is 19.4 Å². The fraction of sp³-hybridized carbons (Fsp3) is 0.300. The third-order valence-electron chi connectivity index (χ3n) is 1.56. The summed E-state index contributed by atoms with van der Waals surface area (Å²) in [7, 11) is 0. The molecule has 0 nitrogen and oxygen atoms in total. The number of rotatable bonds is 1. The Labute approximate surface area is 79.8 Å². The molecule has 1 rings (SSSR count). The summed E-state index contributed by atoms with van der Waals surface area (Å²) in [5.41, 5.74) is 1.33. The van der Waals surface area contributed by atoms with Crippen molar-refractivity contribution in [3.8, 4) is 0 Å². The fourth-order valence-electron chi connectivity index (χ4n) is 0.889. The van der Waals surface area contributed by atoms with Gasteiger partial charge in [0.05, 0.1) is 0 Å². The summed E-state index contributed by atoms with van der Waals surface area (Å²) < 4.78 is 0. The Balaban J connectivity index is 0.000001000. The van der Waals surface area contributed by atoms with E-state index in [9.17, 15) is 0 Å². The van der Waals surface area contributed by atoms with Crippen molar-refractivity contribution in [2.24, 2.45) is 0 Å². The first kappa shape index (κ1) is 10.8. The van der Waals surface area contributed by atoms with Crippen LogP contribution in [-0.4, -0.2) is 0 Å². The summed E-state index contributed by atoms with van der Waals surface area (Å²) in [5.74, 6) is 0. The van der Waals surface area contributed by atoms with Crippen molar-refractivity contribution in [1.82, 2.24) is 0 Å². The van der Waals surface area contributed by atoms with Gasteiger partial charge in [-0.05, 0) is 0 Å². The molecule has 0 bridgehead atoms. The molecule has 0 N–H and O–H groups in total. The van der Waals surface area contributed by atoms with Crippen LogP contribution in [0.3, 0.4) is 0 Å². The normalized spacial score (nSPS) is 10.5. The standard InChI is InChI=1S/C10H13.Cr/c1-10(2,3)9-7-5-4-6-8-9;/h4-8H,1H2,2-3H3;/q-1;.